The van der Waals surface area contributed by atoms with Gasteiger partial charge in [-0.3, -0.25) is 4.79 Å². The maximum Gasteiger partial charge on any atom is 0.302 e. The molecule has 8 heteroatoms. The van der Waals surface area contributed by atoms with Crippen molar-refractivity contribution in [1.82, 2.24) is 0 Å². The Labute approximate surface area is 140 Å². The van der Waals surface area contributed by atoms with E-state index in [1.807, 2.05) is 0 Å². The molecule has 0 aromatic heterocycles. The number of hydrogen-bond acceptors (Lipinski definition) is 7. The van der Waals surface area contributed by atoms with Crippen LogP contribution in [0.5, 0.6) is 0 Å². The quantitative estimate of drug-likeness (QED) is 0.210. The zero-order valence-electron chi connectivity index (χ0n) is 13.2. The molecule has 0 bridgehead atoms. The fraction of sp³-hybridized carbons (Fsp3) is 0.929. The minimum atomic E-state index is -0.299. The molecule has 0 amide bonds. The smallest absolute Gasteiger partial charge is 0.302 e. The van der Waals surface area contributed by atoms with Crippen LogP contribution >= 0.6 is 15.9 Å². The van der Waals surface area contributed by atoms with Gasteiger partial charge in [-0.05, 0) is 0 Å². The van der Waals surface area contributed by atoms with E-state index in [0.717, 1.165) is 5.33 Å². The Morgan fingerprint density at radius 2 is 0.955 bits per heavy atom. The van der Waals surface area contributed by atoms with E-state index in [0.29, 0.717) is 66.1 Å². The van der Waals surface area contributed by atoms with Crippen LogP contribution in [0.2, 0.25) is 0 Å². The number of alkyl halides is 1. The van der Waals surface area contributed by atoms with E-state index >= 15 is 0 Å². The summed E-state index contributed by atoms with van der Waals surface area (Å²) in [5, 5.41) is 0.841. The Bertz CT molecular complexity index is 241. The van der Waals surface area contributed by atoms with Gasteiger partial charge in [0.2, 0.25) is 0 Å². The second-order valence-corrected chi connectivity index (χ2v) is 4.88. The van der Waals surface area contributed by atoms with E-state index in [1.54, 1.807) is 0 Å². The van der Waals surface area contributed by atoms with Crippen molar-refractivity contribution in [1.29, 1.82) is 0 Å². The van der Waals surface area contributed by atoms with Gasteiger partial charge in [0.25, 0.3) is 0 Å². The average Bonchev–Trinajstić information content (AvgIpc) is 2.50. The van der Waals surface area contributed by atoms with Crippen LogP contribution in [-0.4, -0.2) is 84.0 Å². The molecule has 0 aromatic rings. The Hall–Kier alpha value is -0.250. The summed E-state index contributed by atoms with van der Waals surface area (Å²) in [7, 11) is 0. The molecular weight excluding hydrogens is 360 g/mol. The first kappa shape index (κ1) is 21.8. The lowest BCUT2D eigenvalue weighted by Crippen LogP contribution is -2.14. The summed E-state index contributed by atoms with van der Waals surface area (Å²) in [6.45, 7) is 7.01. The van der Waals surface area contributed by atoms with Crippen molar-refractivity contribution in [2.24, 2.45) is 0 Å². The van der Waals surface area contributed by atoms with Crippen molar-refractivity contribution < 1.29 is 33.2 Å². The molecule has 0 rings (SSSR count). The molecule has 0 atom stereocenters. The number of halogens is 1. The van der Waals surface area contributed by atoms with Gasteiger partial charge < -0.3 is 28.4 Å². The fourth-order valence-electron chi connectivity index (χ4n) is 1.28. The number of esters is 1. The molecule has 0 fully saturated rings. The Kier molecular flexibility index (Phi) is 18.6. The summed E-state index contributed by atoms with van der Waals surface area (Å²) in [6.07, 6.45) is 0. The monoisotopic (exact) mass is 386 g/mol. The molecule has 0 spiro atoms. The molecule has 0 saturated heterocycles. The Morgan fingerprint density at radius 1 is 0.636 bits per heavy atom. The van der Waals surface area contributed by atoms with Crippen molar-refractivity contribution in [3.05, 3.63) is 0 Å². The lowest BCUT2D eigenvalue weighted by molar-refractivity contribution is -0.142. The van der Waals surface area contributed by atoms with E-state index < -0.39 is 0 Å². The van der Waals surface area contributed by atoms with Gasteiger partial charge in [0.05, 0.1) is 66.1 Å². The van der Waals surface area contributed by atoms with E-state index in [2.05, 4.69) is 15.9 Å². The summed E-state index contributed by atoms with van der Waals surface area (Å²) >= 11 is 3.28. The van der Waals surface area contributed by atoms with Crippen LogP contribution in [0, 0.1) is 0 Å². The number of hydrogen-bond donors (Lipinski definition) is 0. The van der Waals surface area contributed by atoms with Gasteiger partial charge in [0.15, 0.2) is 0 Å². The van der Waals surface area contributed by atoms with Crippen LogP contribution in [0.1, 0.15) is 6.92 Å². The predicted molar refractivity (Wildman–Crippen MR) is 84.5 cm³/mol. The topological polar surface area (TPSA) is 72.5 Å². The third-order valence-corrected chi connectivity index (χ3v) is 2.57. The molecule has 0 N–H and O–H groups in total. The number of rotatable bonds is 17. The third kappa shape index (κ3) is 19.8. The van der Waals surface area contributed by atoms with Gasteiger partial charge in [-0.25, -0.2) is 0 Å². The minimum Gasteiger partial charge on any atom is -0.463 e. The molecule has 0 aliphatic rings. The summed E-state index contributed by atoms with van der Waals surface area (Å²) in [5.74, 6) is -0.299. The molecule has 0 aliphatic heterocycles. The summed E-state index contributed by atoms with van der Waals surface area (Å²) in [5.41, 5.74) is 0. The molecular formula is C14H27BrO7. The molecule has 132 valence electrons. The number of carbonyl (C=O) groups is 1. The van der Waals surface area contributed by atoms with Crippen molar-refractivity contribution in [2.75, 3.05) is 78.0 Å². The van der Waals surface area contributed by atoms with Crippen molar-refractivity contribution in [3.63, 3.8) is 0 Å². The van der Waals surface area contributed by atoms with E-state index in [9.17, 15) is 4.79 Å². The first-order chi connectivity index (χ1) is 10.8. The molecule has 22 heavy (non-hydrogen) atoms. The highest BCUT2D eigenvalue weighted by Crippen LogP contribution is 1.85. The molecule has 0 radical (unpaired) electrons. The largest absolute Gasteiger partial charge is 0.463 e. The maximum absolute atomic E-state index is 10.5. The molecule has 0 aromatic carbocycles. The molecule has 0 heterocycles. The molecule has 0 unspecified atom stereocenters. The zero-order valence-corrected chi connectivity index (χ0v) is 14.8. The predicted octanol–water partition coefficient (Wildman–Crippen LogP) is 1.03. The highest BCUT2D eigenvalue weighted by atomic mass is 79.9. The summed E-state index contributed by atoms with van der Waals surface area (Å²) in [6, 6.07) is 0. The second kappa shape index (κ2) is 18.8. The van der Waals surface area contributed by atoms with Crippen molar-refractivity contribution in [2.45, 2.75) is 6.92 Å². The molecule has 0 aliphatic carbocycles. The van der Waals surface area contributed by atoms with E-state index in [-0.39, 0.29) is 12.6 Å². The standard InChI is InChI=1S/C14H27BrO7/c1-14(16)22-13-12-21-11-10-20-9-8-19-7-6-18-5-4-17-3-2-15/h2-13H2,1H3. The van der Waals surface area contributed by atoms with E-state index in [4.69, 9.17) is 28.4 Å². The van der Waals surface area contributed by atoms with Crippen LogP contribution < -0.4 is 0 Å². The number of ether oxygens (including phenoxy) is 6. The van der Waals surface area contributed by atoms with Crippen molar-refractivity contribution in [3.8, 4) is 0 Å². The van der Waals surface area contributed by atoms with Gasteiger partial charge in [0.1, 0.15) is 6.61 Å². The minimum absolute atomic E-state index is 0.277. The number of carbonyl (C=O) groups excluding carboxylic acids is 1. The van der Waals surface area contributed by atoms with Crippen LogP contribution in [0.4, 0.5) is 0 Å². The van der Waals surface area contributed by atoms with Crippen LogP contribution in [-0.2, 0) is 33.2 Å². The average molecular weight is 387 g/mol. The first-order valence-electron chi connectivity index (χ1n) is 7.35. The third-order valence-electron chi connectivity index (χ3n) is 2.24. The maximum atomic E-state index is 10.5. The lowest BCUT2D eigenvalue weighted by atomic mass is 10.7. The Balaban J connectivity index is 2.95. The molecule has 0 saturated carbocycles. The van der Waals surface area contributed by atoms with Crippen molar-refractivity contribution >= 4 is 21.9 Å². The van der Waals surface area contributed by atoms with Gasteiger partial charge in [0, 0.05) is 12.3 Å². The highest BCUT2D eigenvalue weighted by Gasteiger charge is 1.94. The van der Waals surface area contributed by atoms with Gasteiger partial charge >= 0.3 is 5.97 Å². The SMILES string of the molecule is CC(=O)OCCOCCOCCOCCOCCOCCBr. The highest BCUT2D eigenvalue weighted by molar-refractivity contribution is 9.09. The second-order valence-electron chi connectivity index (χ2n) is 4.09. The summed E-state index contributed by atoms with van der Waals surface area (Å²) in [4.78, 5) is 10.5. The molecule has 7 nitrogen and oxygen atoms in total. The first-order valence-corrected chi connectivity index (χ1v) is 8.47. The van der Waals surface area contributed by atoms with Gasteiger partial charge in [-0.1, -0.05) is 15.9 Å². The van der Waals surface area contributed by atoms with E-state index in [1.165, 1.54) is 6.92 Å². The zero-order chi connectivity index (χ0) is 16.3. The summed E-state index contributed by atoms with van der Waals surface area (Å²) < 4.78 is 31.1. The van der Waals surface area contributed by atoms with Gasteiger partial charge in [-0.15, -0.1) is 0 Å². The van der Waals surface area contributed by atoms with Crippen LogP contribution in [0.3, 0.4) is 0 Å². The lowest BCUT2D eigenvalue weighted by Gasteiger charge is -2.07. The normalized spacial score (nSPS) is 10.8. The van der Waals surface area contributed by atoms with Crippen LogP contribution in [0.15, 0.2) is 0 Å². The van der Waals surface area contributed by atoms with Gasteiger partial charge in [-0.2, -0.15) is 0 Å². The fourth-order valence-corrected chi connectivity index (χ4v) is 1.51. The Morgan fingerprint density at radius 3 is 1.27 bits per heavy atom. The van der Waals surface area contributed by atoms with Crippen LogP contribution in [0.25, 0.3) is 0 Å².